The SMILES string of the molecule is Cc1ccc(F)c(N2CC(CS(=O)(=O)F)CC2=O)c1Cl. The number of hydrogen-bond donors (Lipinski definition) is 0. The molecule has 20 heavy (non-hydrogen) atoms. The third-order valence-corrected chi connectivity index (χ3v) is 4.52. The van der Waals surface area contributed by atoms with Crippen molar-refractivity contribution in [3.05, 3.63) is 28.5 Å². The van der Waals surface area contributed by atoms with Crippen LogP contribution in [0.2, 0.25) is 5.02 Å². The number of amides is 1. The first-order valence-corrected chi connectivity index (χ1v) is 7.79. The minimum atomic E-state index is -4.67. The lowest BCUT2D eigenvalue weighted by Crippen LogP contribution is -2.27. The molecule has 0 aliphatic carbocycles. The highest BCUT2D eigenvalue weighted by molar-refractivity contribution is 7.86. The predicted molar refractivity (Wildman–Crippen MR) is 71.5 cm³/mol. The molecule has 1 aromatic rings. The van der Waals surface area contributed by atoms with E-state index in [9.17, 15) is 21.5 Å². The lowest BCUT2D eigenvalue weighted by Gasteiger charge is -2.19. The number of carbonyl (C=O) groups excluding carboxylic acids is 1. The van der Waals surface area contributed by atoms with Gasteiger partial charge in [-0.15, -0.1) is 3.89 Å². The van der Waals surface area contributed by atoms with Crippen LogP contribution in [0.1, 0.15) is 12.0 Å². The summed E-state index contributed by atoms with van der Waals surface area (Å²) in [5.74, 6) is -2.59. The lowest BCUT2D eigenvalue weighted by molar-refractivity contribution is -0.117. The fourth-order valence-corrected chi connectivity index (χ4v) is 3.32. The minimum absolute atomic E-state index is 0.0674. The largest absolute Gasteiger partial charge is 0.308 e. The van der Waals surface area contributed by atoms with Crippen LogP contribution in [0, 0.1) is 18.7 Å². The summed E-state index contributed by atoms with van der Waals surface area (Å²) in [6.07, 6.45) is -0.146. The number of rotatable bonds is 3. The van der Waals surface area contributed by atoms with Crippen molar-refractivity contribution in [3.8, 4) is 0 Å². The number of aryl methyl sites for hydroxylation is 1. The van der Waals surface area contributed by atoms with Gasteiger partial charge in [-0.3, -0.25) is 4.79 Å². The predicted octanol–water partition coefficient (Wildman–Crippen LogP) is 2.44. The van der Waals surface area contributed by atoms with Crippen LogP contribution in [0.3, 0.4) is 0 Å². The van der Waals surface area contributed by atoms with Crippen LogP contribution < -0.4 is 4.90 Å². The van der Waals surface area contributed by atoms with Gasteiger partial charge >= 0.3 is 10.2 Å². The van der Waals surface area contributed by atoms with Gasteiger partial charge in [-0.2, -0.15) is 8.42 Å². The lowest BCUT2D eigenvalue weighted by atomic mass is 10.1. The third kappa shape index (κ3) is 3.09. The molecule has 0 spiro atoms. The maximum Gasteiger partial charge on any atom is 0.302 e. The number of anilines is 1. The van der Waals surface area contributed by atoms with E-state index in [-0.39, 0.29) is 23.7 Å². The van der Waals surface area contributed by atoms with Gasteiger partial charge in [0, 0.05) is 18.9 Å². The van der Waals surface area contributed by atoms with Crippen LogP contribution in [0.5, 0.6) is 0 Å². The molecule has 1 atom stereocenters. The molecule has 8 heteroatoms. The average molecular weight is 324 g/mol. The van der Waals surface area contributed by atoms with Crippen molar-refractivity contribution in [2.75, 3.05) is 17.2 Å². The summed E-state index contributed by atoms with van der Waals surface area (Å²) in [4.78, 5) is 13.0. The first kappa shape index (κ1) is 15.2. The zero-order chi connectivity index (χ0) is 15.1. The van der Waals surface area contributed by atoms with E-state index in [0.29, 0.717) is 5.56 Å². The molecule has 1 heterocycles. The molecule has 2 rings (SSSR count). The van der Waals surface area contributed by atoms with Crippen molar-refractivity contribution < 1.29 is 21.5 Å². The Morgan fingerprint density at radius 3 is 2.70 bits per heavy atom. The molecule has 0 saturated carbocycles. The van der Waals surface area contributed by atoms with Gasteiger partial charge in [0.05, 0.1) is 16.5 Å². The first-order valence-electron chi connectivity index (χ1n) is 5.86. The van der Waals surface area contributed by atoms with E-state index in [0.717, 1.165) is 4.90 Å². The maximum atomic E-state index is 13.8. The van der Waals surface area contributed by atoms with Gasteiger partial charge in [-0.25, -0.2) is 4.39 Å². The quantitative estimate of drug-likeness (QED) is 0.803. The van der Waals surface area contributed by atoms with Gasteiger partial charge in [0.2, 0.25) is 5.91 Å². The molecule has 0 aromatic heterocycles. The fraction of sp³-hybridized carbons (Fsp3) is 0.417. The van der Waals surface area contributed by atoms with Gasteiger partial charge in [0.15, 0.2) is 0 Å². The molecule has 110 valence electrons. The summed E-state index contributed by atoms with van der Waals surface area (Å²) in [6, 6.07) is 2.66. The zero-order valence-electron chi connectivity index (χ0n) is 10.6. The maximum absolute atomic E-state index is 13.8. The van der Waals surface area contributed by atoms with Gasteiger partial charge < -0.3 is 4.90 Å². The minimum Gasteiger partial charge on any atom is -0.308 e. The summed E-state index contributed by atoms with van der Waals surface area (Å²) >= 11 is 6.00. The number of benzene rings is 1. The van der Waals surface area contributed by atoms with Crippen LogP contribution in [-0.2, 0) is 15.0 Å². The van der Waals surface area contributed by atoms with Crippen molar-refractivity contribution in [1.82, 2.24) is 0 Å². The van der Waals surface area contributed by atoms with Crippen molar-refractivity contribution in [2.45, 2.75) is 13.3 Å². The van der Waals surface area contributed by atoms with E-state index >= 15 is 0 Å². The van der Waals surface area contributed by atoms with Crippen LogP contribution >= 0.6 is 11.6 Å². The number of halogens is 3. The van der Waals surface area contributed by atoms with Gasteiger partial charge in [0.1, 0.15) is 5.82 Å². The van der Waals surface area contributed by atoms with Crippen LogP contribution in [0.25, 0.3) is 0 Å². The number of carbonyl (C=O) groups is 1. The second-order valence-electron chi connectivity index (χ2n) is 4.81. The Labute approximate surface area is 120 Å². The Balaban J connectivity index is 2.31. The van der Waals surface area contributed by atoms with Crippen molar-refractivity contribution in [1.29, 1.82) is 0 Å². The van der Waals surface area contributed by atoms with E-state index in [4.69, 9.17) is 11.6 Å². The molecular formula is C12H12ClF2NO3S. The number of nitrogens with zero attached hydrogens (tertiary/aromatic N) is 1. The summed E-state index contributed by atoms with van der Waals surface area (Å²) in [6.45, 7) is 1.59. The molecule has 0 N–H and O–H groups in total. The second-order valence-corrected chi connectivity index (χ2v) is 6.60. The highest BCUT2D eigenvalue weighted by atomic mass is 35.5. The average Bonchev–Trinajstić information content (AvgIpc) is 2.63. The van der Waals surface area contributed by atoms with Crippen LogP contribution in [0.4, 0.5) is 14.0 Å². The monoisotopic (exact) mass is 323 g/mol. The van der Waals surface area contributed by atoms with E-state index in [1.807, 2.05) is 0 Å². The van der Waals surface area contributed by atoms with Gasteiger partial charge in [-0.05, 0) is 18.6 Å². The molecule has 1 aromatic carbocycles. The van der Waals surface area contributed by atoms with Gasteiger partial charge in [-0.1, -0.05) is 17.7 Å². The van der Waals surface area contributed by atoms with E-state index in [2.05, 4.69) is 0 Å². The third-order valence-electron chi connectivity index (χ3n) is 3.17. The highest BCUT2D eigenvalue weighted by Gasteiger charge is 2.35. The fourth-order valence-electron chi connectivity index (χ4n) is 2.28. The number of hydrogen-bond acceptors (Lipinski definition) is 3. The molecule has 4 nitrogen and oxygen atoms in total. The topological polar surface area (TPSA) is 54.5 Å². The van der Waals surface area contributed by atoms with E-state index in [1.165, 1.54) is 12.1 Å². The zero-order valence-corrected chi connectivity index (χ0v) is 12.1. The molecule has 1 saturated heterocycles. The van der Waals surface area contributed by atoms with E-state index in [1.54, 1.807) is 6.92 Å². The molecule has 1 fully saturated rings. The molecule has 0 radical (unpaired) electrons. The summed E-state index contributed by atoms with van der Waals surface area (Å²) in [7, 11) is -4.67. The van der Waals surface area contributed by atoms with Crippen molar-refractivity contribution in [3.63, 3.8) is 0 Å². The molecular weight excluding hydrogens is 312 g/mol. The molecule has 0 bridgehead atoms. The normalized spacial score (nSPS) is 19.7. The first-order chi connectivity index (χ1) is 9.19. The Morgan fingerprint density at radius 2 is 2.10 bits per heavy atom. The smallest absolute Gasteiger partial charge is 0.302 e. The van der Waals surface area contributed by atoms with Crippen LogP contribution in [0.15, 0.2) is 12.1 Å². The Bertz CT molecular complexity index is 663. The van der Waals surface area contributed by atoms with E-state index < -0.39 is 33.6 Å². The molecule has 1 aliphatic rings. The molecule has 1 aliphatic heterocycles. The Hall–Kier alpha value is -1.21. The standard InChI is InChI=1S/C12H12ClF2NO3S/c1-7-2-3-9(14)12(11(7)13)16-5-8(4-10(16)17)6-20(15,18)19/h2-3,8H,4-6H2,1H3. The molecule has 1 amide bonds. The summed E-state index contributed by atoms with van der Waals surface area (Å²) in [5, 5.41) is 0.0992. The Kier molecular flexibility index (Phi) is 4.02. The summed E-state index contributed by atoms with van der Waals surface area (Å²) < 4.78 is 47.8. The van der Waals surface area contributed by atoms with Crippen molar-refractivity contribution in [2.24, 2.45) is 5.92 Å². The summed E-state index contributed by atoms with van der Waals surface area (Å²) in [5.41, 5.74) is 0.521. The molecule has 1 unspecified atom stereocenters. The highest BCUT2D eigenvalue weighted by Crippen LogP contribution is 2.35. The second kappa shape index (κ2) is 5.29. The van der Waals surface area contributed by atoms with Crippen molar-refractivity contribution >= 4 is 33.4 Å². The Morgan fingerprint density at radius 1 is 1.45 bits per heavy atom. The van der Waals surface area contributed by atoms with Gasteiger partial charge in [0.25, 0.3) is 0 Å². The van der Waals surface area contributed by atoms with Crippen LogP contribution in [-0.4, -0.2) is 26.6 Å².